The van der Waals surface area contributed by atoms with Crippen LogP contribution in [0.3, 0.4) is 0 Å². The Bertz CT molecular complexity index is 444. The van der Waals surface area contributed by atoms with Crippen molar-refractivity contribution in [1.29, 1.82) is 0 Å². The molecule has 1 aromatic rings. The molecule has 0 saturated carbocycles. The number of carboxylic acids is 1. The highest BCUT2D eigenvalue weighted by Crippen LogP contribution is 2.29. The van der Waals surface area contributed by atoms with Crippen molar-refractivity contribution >= 4 is 5.97 Å². The van der Waals surface area contributed by atoms with E-state index in [9.17, 15) is 18.0 Å². The van der Waals surface area contributed by atoms with E-state index in [1.807, 2.05) is 6.92 Å². The Kier molecular flexibility index (Phi) is 6.01. The molecule has 1 atom stereocenters. The largest absolute Gasteiger partial charge is 0.479 e. The predicted molar refractivity (Wildman–Crippen MR) is 67.4 cm³/mol. The first-order chi connectivity index (χ1) is 9.34. The van der Waals surface area contributed by atoms with Crippen LogP contribution in [0.5, 0.6) is 0 Å². The van der Waals surface area contributed by atoms with Gasteiger partial charge in [-0.25, -0.2) is 4.79 Å². The van der Waals surface area contributed by atoms with Crippen LogP contribution in [-0.2, 0) is 22.1 Å². The second-order valence-electron chi connectivity index (χ2n) is 4.45. The Morgan fingerprint density at radius 2 is 2.10 bits per heavy atom. The van der Waals surface area contributed by atoms with E-state index in [1.54, 1.807) is 0 Å². The number of carbonyl (C=O) groups is 1. The summed E-state index contributed by atoms with van der Waals surface area (Å²) in [6.45, 7) is 2.22. The highest BCUT2D eigenvalue weighted by molar-refractivity contribution is 5.72. The number of rotatable bonds is 7. The lowest BCUT2D eigenvalue weighted by Crippen LogP contribution is -2.27. The molecular formula is C14H17F3O3. The van der Waals surface area contributed by atoms with E-state index in [4.69, 9.17) is 9.84 Å². The molecule has 0 saturated heterocycles. The van der Waals surface area contributed by atoms with Crippen LogP contribution in [0.25, 0.3) is 0 Å². The normalized spacial score (nSPS) is 13.2. The highest BCUT2D eigenvalue weighted by Gasteiger charge is 2.30. The van der Waals surface area contributed by atoms with E-state index in [-0.39, 0.29) is 13.0 Å². The van der Waals surface area contributed by atoms with Gasteiger partial charge < -0.3 is 9.84 Å². The Hall–Kier alpha value is -1.56. The predicted octanol–water partition coefficient (Wildman–Crippen LogP) is 3.52. The molecular weight excluding hydrogens is 273 g/mol. The van der Waals surface area contributed by atoms with Crippen molar-refractivity contribution in [3.8, 4) is 0 Å². The van der Waals surface area contributed by atoms with Gasteiger partial charge in [-0.15, -0.1) is 0 Å². The quantitative estimate of drug-likeness (QED) is 0.782. The van der Waals surface area contributed by atoms with Crippen LogP contribution in [0.15, 0.2) is 24.3 Å². The molecule has 0 radical (unpaired) electrons. The second kappa shape index (κ2) is 7.28. The van der Waals surface area contributed by atoms with Crippen LogP contribution in [0.4, 0.5) is 13.2 Å². The molecule has 0 amide bonds. The molecule has 20 heavy (non-hydrogen) atoms. The van der Waals surface area contributed by atoms with E-state index in [0.29, 0.717) is 12.0 Å². The number of hydrogen-bond acceptors (Lipinski definition) is 2. The summed E-state index contributed by atoms with van der Waals surface area (Å²) in [6.07, 6.45) is -4.06. The average Bonchev–Trinajstić information content (AvgIpc) is 2.37. The number of benzene rings is 1. The van der Waals surface area contributed by atoms with E-state index in [0.717, 1.165) is 18.6 Å². The molecule has 0 bridgehead atoms. The standard InChI is InChI=1S/C14H17F3O3/c1-2-3-7-20-12(13(18)19)9-10-5-4-6-11(8-10)14(15,16)17/h4-6,8,12H,2-3,7,9H2,1H3,(H,18,19). The molecule has 0 heterocycles. The van der Waals surface area contributed by atoms with E-state index in [2.05, 4.69) is 0 Å². The Balaban J connectivity index is 2.76. The van der Waals surface area contributed by atoms with Crippen molar-refractivity contribution in [2.24, 2.45) is 0 Å². The molecule has 1 aromatic carbocycles. The van der Waals surface area contributed by atoms with Gasteiger partial charge in [-0.2, -0.15) is 13.2 Å². The van der Waals surface area contributed by atoms with Gasteiger partial charge in [-0.3, -0.25) is 0 Å². The van der Waals surface area contributed by atoms with Crippen molar-refractivity contribution in [3.05, 3.63) is 35.4 Å². The van der Waals surface area contributed by atoms with E-state index < -0.39 is 23.8 Å². The molecule has 0 spiro atoms. The summed E-state index contributed by atoms with van der Waals surface area (Å²) in [5.74, 6) is -1.17. The van der Waals surface area contributed by atoms with Crippen LogP contribution in [0.2, 0.25) is 0 Å². The van der Waals surface area contributed by atoms with Crippen molar-refractivity contribution in [3.63, 3.8) is 0 Å². The van der Waals surface area contributed by atoms with Crippen LogP contribution >= 0.6 is 0 Å². The lowest BCUT2D eigenvalue weighted by Gasteiger charge is -2.14. The minimum absolute atomic E-state index is 0.0804. The van der Waals surface area contributed by atoms with E-state index in [1.165, 1.54) is 12.1 Å². The summed E-state index contributed by atoms with van der Waals surface area (Å²) in [4.78, 5) is 11.0. The van der Waals surface area contributed by atoms with Crippen LogP contribution in [0.1, 0.15) is 30.9 Å². The fraction of sp³-hybridized carbons (Fsp3) is 0.500. The number of unbranched alkanes of at least 4 members (excludes halogenated alkanes) is 1. The van der Waals surface area contributed by atoms with Gasteiger partial charge in [0.15, 0.2) is 6.10 Å². The number of carboxylic acid groups (broad SMARTS) is 1. The molecule has 0 aromatic heterocycles. The lowest BCUT2D eigenvalue weighted by molar-refractivity contribution is -0.150. The highest BCUT2D eigenvalue weighted by atomic mass is 19.4. The minimum atomic E-state index is -4.43. The first-order valence-corrected chi connectivity index (χ1v) is 6.35. The maximum Gasteiger partial charge on any atom is 0.416 e. The van der Waals surface area contributed by atoms with Gasteiger partial charge in [-0.1, -0.05) is 31.5 Å². The average molecular weight is 290 g/mol. The Morgan fingerprint density at radius 1 is 1.40 bits per heavy atom. The summed E-state index contributed by atoms with van der Waals surface area (Å²) >= 11 is 0. The van der Waals surface area contributed by atoms with Crippen LogP contribution < -0.4 is 0 Å². The third-order valence-corrected chi connectivity index (χ3v) is 2.77. The van der Waals surface area contributed by atoms with Crippen LogP contribution in [-0.4, -0.2) is 23.8 Å². The molecule has 6 heteroatoms. The third kappa shape index (κ3) is 5.21. The van der Waals surface area contributed by atoms with Gasteiger partial charge in [-0.05, 0) is 18.1 Å². The third-order valence-electron chi connectivity index (χ3n) is 2.77. The van der Waals surface area contributed by atoms with Crippen molar-refractivity contribution < 1.29 is 27.8 Å². The summed E-state index contributed by atoms with van der Waals surface area (Å²) in [6, 6.07) is 4.65. The second-order valence-corrected chi connectivity index (χ2v) is 4.45. The van der Waals surface area contributed by atoms with Gasteiger partial charge in [0.1, 0.15) is 0 Å². The number of aliphatic carboxylic acids is 1. The monoisotopic (exact) mass is 290 g/mol. The molecule has 1 N–H and O–H groups in total. The van der Waals surface area contributed by atoms with E-state index >= 15 is 0 Å². The SMILES string of the molecule is CCCCOC(Cc1cccc(C(F)(F)F)c1)C(=O)O. The summed E-state index contributed by atoms with van der Waals surface area (Å²) < 4.78 is 42.9. The van der Waals surface area contributed by atoms with Gasteiger partial charge in [0, 0.05) is 13.0 Å². The maximum atomic E-state index is 12.6. The van der Waals surface area contributed by atoms with Gasteiger partial charge in [0.2, 0.25) is 0 Å². The first kappa shape index (κ1) is 16.5. The van der Waals surface area contributed by atoms with Crippen molar-refractivity contribution in [2.75, 3.05) is 6.61 Å². The maximum absolute atomic E-state index is 12.6. The van der Waals surface area contributed by atoms with Gasteiger partial charge >= 0.3 is 12.1 Å². The molecule has 112 valence electrons. The zero-order valence-electron chi connectivity index (χ0n) is 11.1. The smallest absolute Gasteiger partial charge is 0.416 e. The molecule has 1 unspecified atom stereocenters. The van der Waals surface area contributed by atoms with Crippen LogP contribution in [0, 0.1) is 0 Å². The number of hydrogen-bond donors (Lipinski definition) is 1. The number of halogens is 3. The molecule has 1 rings (SSSR count). The summed E-state index contributed by atoms with van der Waals surface area (Å²) in [7, 11) is 0. The summed E-state index contributed by atoms with van der Waals surface area (Å²) in [5.41, 5.74) is -0.489. The Morgan fingerprint density at radius 3 is 2.65 bits per heavy atom. The minimum Gasteiger partial charge on any atom is -0.479 e. The van der Waals surface area contributed by atoms with Gasteiger partial charge in [0.05, 0.1) is 5.56 Å². The zero-order chi connectivity index (χ0) is 15.2. The fourth-order valence-corrected chi connectivity index (χ4v) is 1.68. The summed E-state index contributed by atoms with van der Waals surface area (Å²) in [5, 5.41) is 9.02. The zero-order valence-corrected chi connectivity index (χ0v) is 11.1. The lowest BCUT2D eigenvalue weighted by atomic mass is 10.0. The topological polar surface area (TPSA) is 46.5 Å². The number of ether oxygens (including phenoxy) is 1. The molecule has 3 nitrogen and oxygen atoms in total. The molecule has 0 fully saturated rings. The van der Waals surface area contributed by atoms with Crippen molar-refractivity contribution in [1.82, 2.24) is 0 Å². The first-order valence-electron chi connectivity index (χ1n) is 6.35. The molecule has 0 aliphatic carbocycles. The van der Waals surface area contributed by atoms with Crippen molar-refractivity contribution in [2.45, 2.75) is 38.5 Å². The molecule has 0 aliphatic heterocycles. The number of alkyl halides is 3. The molecule has 0 aliphatic rings. The fourth-order valence-electron chi connectivity index (χ4n) is 1.68. The Labute approximate surface area is 115 Å². The van der Waals surface area contributed by atoms with Gasteiger partial charge in [0.25, 0.3) is 0 Å².